The molecule has 0 saturated carbocycles. The summed E-state index contributed by atoms with van der Waals surface area (Å²) in [4.78, 5) is 4.33. The zero-order valence-corrected chi connectivity index (χ0v) is 9.39. The lowest BCUT2D eigenvalue weighted by Crippen LogP contribution is -1.94. The fourth-order valence-corrected chi connectivity index (χ4v) is 2.28. The van der Waals surface area contributed by atoms with Crippen LogP contribution in [0.4, 0.5) is 0 Å². The molecule has 0 radical (unpaired) electrons. The number of aromatic nitrogens is 2. The quantitative estimate of drug-likeness (QED) is 0.652. The van der Waals surface area contributed by atoms with Gasteiger partial charge < -0.3 is 4.57 Å². The summed E-state index contributed by atoms with van der Waals surface area (Å²) in [6, 6.07) is 14.5. The van der Waals surface area contributed by atoms with Crippen LogP contribution in [0.2, 0.25) is 0 Å². The average molecular weight is 226 g/mol. The number of benzene rings is 1. The maximum Gasteiger partial charge on any atom is 0.148 e. The number of hydrogen-bond acceptors (Lipinski definition) is 2. The third-order valence-corrected chi connectivity index (χ3v) is 3.06. The highest BCUT2D eigenvalue weighted by molar-refractivity contribution is 7.07. The zero-order valence-electron chi connectivity index (χ0n) is 8.58. The molecule has 3 rings (SSSR count). The van der Waals surface area contributed by atoms with E-state index in [1.54, 1.807) is 11.3 Å². The summed E-state index contributed by atoms with van der Waals surface area (Å²) >= 11 is 1.61. The highest BCUT2D eigenvalue weighted by atomic mass is 32.1. The van der Waals surface area contributed by atoms with Gasteiger partial charge in [-0.1, -0.05) is 30.3 Å². The molecule has 1 aromatic carbocycles. The normalized spacial score (nSPS) is 10.5. The third-order valence-electron chi connectivity index (χ3n) is 2.48. The molecule has 0 aliphatic rings. The number of hydrogen-bond donors (Lipinski definition) is 0. The Kier molecular flexibility index (Phi) is 2.31. The van der Waals surface area contributed by atoms with E-state index in [9.17, 15) is 0 Å². The van der Waals surface area contributed by atoms with Gasteiger partial charge in [-0.15, -0.1) is 11.3 Å². The molecule has 0 spiro atoms. The largest absolute Gasteiger partial charge is 0.301 e. The standard InChI is InChI=1S/C13H10N2S/c1-2-5-11(6-3-1)12-7-4-8-15(12)13-9-16-10-14-13/h1-10H. The van der Waals surface area contributed by atoms with Crippen LogP contribution in [0.15, 0.2) is 59.6 Å². The summed E-state index contributed by atoms with van der Waals surface area (Å²) in [6.07, 6.45) is 2.04. The van der Waals surface area contributed by atoms with E-state index < -0.39 is 0 Å². The Morgan fingerprint density at radius 1 is 1.00 bits per heavy atom. The van der Waals surface area contributed by atoms with Crippen molar-refractivity contribution in [3.63, 3.8) is 0 Å². The van der Waals surface area contributed by atoms with Gasteiger partial charge in [-0.05, 0) is 17.7 Å². The summed E-state index contributed by atoms with van der Waals surface area (Å²) < 4.78 is 2.10. The molecule has 0 atom stereocenters. The van der Waals surface area contributed by atoms with E-state index in [2.05, 4.69) is 27.8 Å². The van der Waals surface area contributed by atoms with Gasteiger partial charge in [-0.25, -0.2) is 4.98 Å². The summed E-state index contributed by atoms with van der Waals surface area (Å²) in [5.41, 5.74) is 4.23. The predicted octanol–water partition coefficient (Wildman–Crippen LogP) is 3.60. The molecular weight excluding hydrogens is 216 g/mol. The first kappa shape index (κ1) is 9.36. The minimum absolute atomic E-state index is 0.980. The van der Waals surface area contributed by atoms with Gasteiger partial charge in [-0.2, -0.15) is 0 Å². The molecule has 3 heteroatoms. The Balaban J connectivity index is 2.14. The maximum absolute atomic E-state index is 4.33. The van der Waals surface area contributed by atoms with Gasteiger partial charge in [0.25, 0.3) is 0 Å². The molecule has 0 amide bonds. The van der Waals surface area contributed by atoms with E-state index in [4.69, 9.17) is 0 Å². The molecule has 2 aromatic heterocycles. The van der Waals surface area contributed by atoms with Gasteiger partial charge in [0.15, 0.2) is 0 Å². The molecule has 0 N–H and O–H groups in total. The van der Waals surface area contributed by atoms with Crippen LogP contribution in [0.25, 0.3) is 17.1 Å². The predicted molar refractivity (Wildman–Crippen MR) is 66.9 cm³/mol. The van der Waals surface area contributed by atoms with Crippen molar-refractivity contribution in [2.24, 2.45) is 0 Å². The molecular formula is C13H10N2S. The van der Waals surface area contributed by atoms with Crippen LogP contribution in [-0.4, -0.2) is 9.55 Å². The monoisotopic (exact) mass is 226 g/mol. The van der Waals surface area contributed by atoms with Gasteiger partial charge in [0, 0.05) is 11.6 Å². The van der Waals surface area contributed by atoms with Crippen LogP contribution in [-0.2, 0) is 0 Å². The molecule has 0 unspecified atom stereocenters. The summed E-state index contributed by atoms with van der Waals surface area (Å²) in [5.74, 6) is 0.980. The van der Waals surface area contributed by atoms with E-state index >= 15 is 0 Å². The van der Waals surface area contributed by atoms with Crippen molar-refractivity contribution in [3.8, 4) is 17.1 Å². The molecule has 2 nitrogen and oxygen atoms in total. The number of thiazole rings is 1. The molecule has 0 aliphatic heterocycles. The van der Waals surface area contributed by atoms with Crippen LogP contribution < -0.4 is 0 Å². The minimum atomic E-state index is 0.980. The van der Waals surface area contributed by atoms with Crippen LogP contribution in [0.1, 0.15) is 0 Å². The van der Waals surface area contributed by atoms with E-state index in [0.717, 1.165) is 5.82 Å². The van der Waals surface area contributed by atoms with Gasteiger partial charge in [0.1, 0.15) is 5.82 Å². The average Bonchev–Trinajstić information content (AvgIpc) is 3.01. The van der Waals surface area contributed by atoms with Crippen molar-refractivity contribution < 1.29 is 0 Å². The van der Waals surface area contributed by atoms with Gasteiger partial charge in [0.05, 0.1) is 11.2 Å². The highest BCUT2D eigenvalue weighted by Gasteiger charge is 2.05. The zero-order chi connectivity index (χ0) is 10.8. The van der Waals surface area contributed by atoms with Crippen LogP contribution in [0, 0.1) is 0 Å². The van der Waals surface area contributed by atoms with Gasteiger partial charge >= 0.3 is 0 Å². The van der Waals surface area contributed by atoms with Gasteiger partial charge in [0.2, 0.25) is 0 Å². The maximum atomic E-state index is 4.33. The molecule has 16 heavy (non-hydrogen) atoms. The second-order valence-electron chi connectivity index (χ2n) is 3.48. The molecule has 0 bridgehead atoms. The minimum Gasteiger partial charge on any atom is -0.301 e. The van der Waals surface area contributed by atoms with Crippen molar-refractivity contribution in [2.75, 3.05) is 0 Å². The fraction of sp³-hybridized carbons (Fsp3) is 0. The summed E-state index contributed by atoms with van der Waals surface area (Å²) in [7, 11) is 0. The first-order valence-corrected chi connectivity index (χ1v) is 6.01. The topological polar surface area (TPSA) is 17.8 Å². The van der Waals surface area contributed by atoms with Crippen LogP contribution in [0.5, 0.6) is 0 Å². The molecule has 0 saturated heterocycles. The van der Waals surface area contributed by atoms with Crippen molar-refractivity contribution >= 4 is 11.3 Å². The lowest BCUT2D eigenvalue weighted by molar-refractivity contribution is 1.03. The Bertz CT molecular complexity index is 567. The van der Waals surface area contributed by atoms with Crippen LogP contribution in [0.3, 0.4) is 0 Å². The van der Waals surface area contributed by atoms with Crippen molar-refractivity contribution in [1.82, 2.24) is 9.55 Å². The van der Waals surface area contributed by atoms with Crippen molar-refractivity contribution in [3.05, 3.63) is 59.6 Å². The molecule has 78 valence electrons. The molecule has 0 aliphatic carbocycles. The van der Waals surface area contributed by atoms with E-state index in [-0.39, 0.29) is 0 Å². The van der Waals surface area contributed by atoms with Crippen molar-refractivity contribution in [1.29, 1.82) is 0 Å². The van der Waals surface area contributed by atoms with E-state index in [1.165, 1.54) is 11.3 Å². The van der Waals surface area contributed by atoms with E-state index in [0.29, 0.717) is 0 Å². The van der Waals surface area contributed by atoms with Crippen molar-refractivity contribution in [2.45, 2.75) is 0 Å². The van der Waals surface area contributed by atoms with E-state index in [1.807, 2.05) is 41.4 Å². The Morgan fingerprint density at radius 3 is 2.62 bits per heavy atom. The second kappa shape index (κ2) is 3.94. The lowest BCUT2D eigenvalue weighted by Gasteiger charge is -2.05. The highest BCUT2D eigenvalue weighted by Crippen LogP contribution is 2.23. The number of rotatable bonds is 2. The lowest BCUT2D eigenvalue weighted by atomic mass is 10.1. The van der Waals surface area contributed by atoms with Crippen LogP contribution >= 0.6 is 11.3 Å². The number of nitrogens with zero attached hydrogens (tertiary/aromatic N) is 2. The molecule has 0 fully saturated rings. The SMILES string of the molecule is c1ccc(-c2cccn2-c2cscn2)cc1. The Labute approximate surface area is 97.8 Å². The first-order chi connectivity index (χ1) is 7.95. The van der Waals surface area contributed by atoms with Gasteiger partial charge in [-0.3, -0.25) is 0 Å². The summed E-state index contributed by atoms with van der Waals surface area (Å²) in [5, 5.41) is 2.05. The molecule has 2 heterocycles. The molecule has 3 aromatic rings. The smallest absolute Gasteiger partial charge is 0.148 e. The summed E-state index contributed by atoms with van der Waals surface area (Å²) in [6.45, 7) is 0. The Morgan fingerprint density at radius 2 is 1.88 bits per heavy atom. The Hall–Kier alpha value is -1.87. The third kappa shape index (κ3) is 1.55. The first-order valence-electron chi connectivity index (χ1n) is 5.06. The second-order valence-corrected chi connectivity index (χ2v) is 4.19. The fourth-order valence-electron chi connectivity index (χ4n) is 1.75.